The summed E-state index contributed by atoms with van der Waals surface area (Å²) in [5, 5.41) is 45.6. The largest absolute Gasteiger partial charge is 1.00 e. The number of aromatic hydroxyl groups is 2. The van der Waals surface area contributed by atoms with Crippen LogP contribution in [-0.4, -0.2) is 51.8 Å². The Kier molecular flexibility index (Phi) is 9.36. The summed E-state index contributed by atoms with van der Waals surface area (Å²) in [6.45, 7) is 11.4. The van der Waals surface area contributed by atoms with Crippen molar-refractivity contribution in [1.82, 2.24) is 0 Å². The van der Waals surface area contributed by atoms with Gasteiger partial charge in [0, 0.05) is 0 Å². The summed E-state index contributed by atoms with van der Waals surface area (Å²) in [5.74, 6) is 0.0345. The first kappa shape index (κ1) is 31.9. The maximum atomic E-state index is 11.7. The van der Waals surface area contributed by atoms with Crippen molar-refractivity contribution in [3.63, 3.8) is 0 Å². The molecule has 4 rings (SSSR count). The van der Waals surface area contributed by atoms with Crippen LogP contribution < -0.4 is 24.0 Å². The smallest absolute Gasteiger partial charge is 1.00 e. The van der Waals surface area contributed by atoms with Crippen LogP contribution in [0.4, 0.5) is 11.4 Å². The first-order valence-corrected chi connectivity index (χ1v) is 13.9. The molecule has 0 unspecified atom stereocenters. The van der Waals surface area contributed by atoms with Crippen LogP contribution in [0.5, 0.6) is 11.5 Å². The number of fused-ring (bicyclic) bond motifs is 1. The van der Waals surface area contributed by atoms with E-state index >= 15 is 0 Å². The molecule has 0 spiro atoms. The Morgan fingerprint density at radius 2 is 1.12 bits per heavy atom. The molecule has 2 atom stereocenters. The van der Waals surface area contributed by atoms with E-state index in [0.29, 0.717) is 22.3 Å². The van der Waals surface area contributed by atoms with Gasteiger partial charge in [-0.25, -0.2) is 0 Å². The number of nitrogens with zero attached hydrogens (tertiary/aromatic N) is 4. The minimum atomic E-state index is -0.501. The molecular formula is C28H36CoIN4O6+. The Morgan fingerprint density at radius 1 is 0.775 bits per heavy atom. The third-order valence-corrected chi connectivity index (χ3v) is 8.69. The molecule has 219 valence electrons. The van der Waals surface area contributed by atoms with Gasteiger partial charge < -0.3 is 24.0 Å². The van der Waals surface area contributed by atoms with Gasteiger partial charge in [0.15, 0.2) is 0 Å². The van der Waals surface area contributed by atoms with E-state index in [-0.39, 0.29) is 58.9 Å². The van der Waals surface area contributed by atoms with Gasteiger partial charge in [-0.05, 0) is 0 Å². The van der Waals surface area contributed by atoms with Crippen LogP contribution in [0, 0.1) is 20.2 Å². The van der Waals surface area contributed by atoms with Crippen molar-refractivity contribution < 1.29 is 66.4 Å². The number of phenols is 2. The Bertz CT molecular complexity index is 1310. The summed E-state index contributed by atoms with van der Waals surface area (Å²) in [5.41, 5.74) is 0.576. The predicted octanol–water partition coefficient (Wildman–Crippen LogP) is 2.31. The molecule has 2 N–H and O–H groups in total. The molecule has 1 saturated heterocycles. The Morgan fingerprint density at radius 3 is 1.43 bits per heavy atom. The average molecular weight is 710 g/mol. The average Bonchev–Trinajstić information content (AvgIpc) is 3.17. The second kappa shape index (κ2) is 11.7. The molecule has 2 aromatic rings. The normalized spacial score (nSPS) is 21.4. The van der Waals surface area contributed by atoms with E-state index in [1.54, 1.807) is 12.4 Å². The van der Waals surface area contributed by atoms with Crippen LogP contribution in [0.1, 0.15) is 89.5 Å². The summed E-state index contributed by atoms with van der Waals surface area (Å²) in [4.78, 5) is 22.5. The first-order valence-electron chi connectivity index (χ1n) is 13.0. The van der Waals surface area contributed by atoms with Gasteiger partial charge in [0.1, 0.15) is 0 Å². The molecule has 1 heterocycles. The second-order valence-corrected chi connectivity index (χ2v) is 13.5. The Hall–Kier alpha value is -2.58. The molecule has 10 nitrogen and oxygen atoms in total. The number of non-ortho nitro benzene ring substituents is 2. The van der Waals surface area contributed by atoms with E-state index in [2.05, 4.69) is 7.25 Å². The van der Waals surface area contributed by atoms with E-state index in [1.807, 2.05) is 41.5 Å². The number of phenolic OH excluding ortho intramolecular Hbond substituents is 2. The summed E-state index contributed by atoms with van der Waals surface area (Å²) in [6.07, 6.45) is 7.41. The molecule has 1 saturated carbocycles. The Labute approximate surface area is 257 Å². The monoisotopic (exact) mass is 710 g/mol. The van der Waals surface area contributed by atoms with Crippen LogP contribution >= 0.6 is 0 Å². The van der Waals surface area contributed by atoms with E-state index in [9.17, 15) is 30.4 Å². The van der Waals surface area contributed by atoms with Gasteiger partial charge in [0.2, 0.25) is 0 Å². The fourth-order valence-electron chi connectivity index (χ4n) is 5.14. The van der Waals surface area contributed by atoms with E-state index in [0.717, 1.165) is 40.8 Å². The number of benzene rings is 2. The number of nitro benzene ring substituents is 2. The number of hydrogen-bond acceptors (Lipinski definition) is 6. The van der Waals surface area contributed by atoms with Crippen molar-refractivity contribution in [2.75, 3.05) is 0 Å². The van der Waals surface area contributed by atoms with Crippen LogP contribution in [0.3, 0.4) is 0 Å². The molecular weight excluding hydrogens is 674 g/mol. The van der Waals surface area contributed by atoms with Gasteiger partial charge in [-0.15, -0.1) is 0 Å². The van der Waals surface area contributed by atoms with Crippen LogP contribution in [0.25, 0.3) is 0 Å². The first-order chi connectivity index (χ1) is 18.1. The molecule has 2 fully saturated rings. The summed E-state index contributed by atoms with van der Waals surface area (Å²) < 4.78 is 4.11. The molecule has 1 aliphatic carbocycles. The SMILES string of the molecule is CC(C)(C)c1cc([N+](=O)[O-])cc(C=[N+]2[Co][N+](=Cc3cc([N+](=O)[O-])cc(C(C)(C)C)c3O)[C@@H]3CCCC[C@H]32)c1O.[I-]. The van der Waals surface area contributed by atoms with Gasteiger partial charge in [-0.1, -0.05) is 0 Å². The van der Waals surface area contributed by atoms with Gasteiger partial charge in [-0.2, -0.15) is 0 Å². The van der Waals surface area contributed by atoms with Crippen molar-refractivity contribution in [1.29, 1.82) is 0 Å². The van der Waals surface area contributed by atoms with Crippen molar-refractivity contribution in [2.24, 2.45) is 0 Å². The fraction of sp³-hybridized carbons (Fsp3) is 0.500. The molecule has 0 radical (unpaired) electrons. The van der Waals surface area contributed by atoms with Crippen LogP contribution in [-0.2, 0) is 26.0 Å². The summed E-state index contributed by atoms with van der Waals surface area (Å²) in [7, 11) is 0. The third kappa shape index (κ3) is 6.49. The van der Waals surface area contributed by atoms with Crippen molar-refractivity contribution in [2.45, 2.75) is 90.1 Å². The zero-order chi connectivity index (χ0) is 28.9. The second-order valence-electron chi connectivity index (χ2n) is 12.3. The molecule has 2 aliphatic rings. The molecule has 1 aliphatic heterocycles. The summed E-state index contributed by atoms with van der Waals surface area (Å²) >= 11 is 0.772. The van der Waals surface area contributed by atoms with Gasteiger partial charge in [0.25, 0.3) is 0 Å². The molecule has 12 heteroatoms. The fourth-order valence-corrected chi connectivity index (χ4v) is 6.77. The van der Waals surface area contributed by atoms with Gasteiger partial charge >= 0.3 is 235 Å². The quantitative estimate of drug-likeness (QED) is 0.285. The molecule has 2 aromatic carbocycles. The van der Waals surface area contributed by atoms with Gasteiger partial charge in [0.05, 0.1) is 0 Å². The maximum Gasteiger partial charge on any atom is -1.00 e. The van der Waals surface area contributed by atoms with Crippen LogP contribution in [0.15, 0.2) is 24.3 Å². The third-order valence-electron chi connectivity index (χ3n) is 7.25. The van der Waals surface area contributed by atoms with E-state index in [4.69, 9.17) is 0 Å². The minimum Gasteiger partial charge on any atom is -1.00 e. The predicted molar refractivity (Wildman–Crippen MR) is 144 cm³/mol. The molecule has 40 heavy (non-hydrogen) atoms. The Balaban J connectivity index is 0.00000441. The van der Waals surface area contributed by atoms with Crippen LogP contribution in [0.2, 0.25) is 0 Å². The topological polar surface area (TPSA) is 133 Å². The number of hydrogen-bond donors (Lipinski definition) is 2. The summed E-state index contributed by atoms with van der Waals surface area (Å²) in [6, 6.07) is 5.80. The zero-order valence-corrected chi connectivity index (χ0v) is 26.7. The maximum absolute atomic E-state index is 11.7. The molecule has 0 bridgehead atoms. The molecule has 0 amide bonds. The number of nitro groups is 2. The zero-order valence-electron chi connectivity index (χ0n) is 23.5. The number of halogens is 1. The van der Waals surface area contributed by atoms with Crippen molar-refractivity contribution in [3.05, 3.63) is 66.7 Å². The van der Waals surface area contributed by atoms with Gasteiger partial charge in [-0.3, -0.25) is 0 Å². The number of rotatable bonds is 4. The van der Waals surface area contributed by atoms with E-state index < -0.39 is 20.7 Å². The van der Waals surface area contributed by atoms with E-state index in [1.165, 1.54) is 24.3 Å². The standard InChI is InChI=1S/C28H36N4O6.Co.HI/c1-27(2,3)21-13-19(31(35)36)11-17(25(21)33)15-29-23-9-7-8-10-24(23)30-16-18-12-20(32(37)38)14-22(26(18)34)28(4,5)6;;/h11-16,23-24,33-34H,7-10H2,1-6H3;;1H/q;+2;/p-1/t23-,24-;;/m1../s1. The molecule has 0 aromatic heterocycles. The minimum absolute atomic E-state index is 0. The van der Waals surface area contributed by atoms with Crippen molar-refractivity contribution in [3.8, 4) is 11.5 Å². The van der Waals surface area contributed by atoms with Crippen molar-refractivity contribution >= 4 is 23.8 Å².